The molecule has 1 atom stereocenters. The lowest BCUT2D eigenvalue weighted by Crippen LogP contribution is -2.37. The summed E-state index contributed by atoms with van der Waals surface area (Å²) in [4.78, 5) is 2.14. The zero-order chi connectivity index (χ0) is 12.7. The molecule has 0 amide bonds. The van der Waals surface area contributed by atoms with Crippen molar-refractivity contribution >= 4 is 5.69 Å². The van der Waals surface area contributed by atoms with E-state index in [9.17, 15) is 5.11 Å². The smallest absolute Gasteiger partial charge is 0.138 e. The Balaban J connectivity index is 2.94. The Morgan fingerprint density at radius 3 is 2.47 bits per heavy atom. The van der Waals surface area contributed by atoms with Gasteiger partial charge in [-0.3, -0.25) is 0 Å². The first-order valence-corrected chi connectivity index (χ1v) is 6.40. The van der Waals surface area contributed by atoms with Crippen molar-refractivity contribution in [1.82, 2.24) is 0 Å². The topological polar surface area (TPSA) is 32.7 Å². The lowest BCUT2D eigenvalue weighted by molar-refractivity contribution is 0.0571. The molecule has 0 aliphatic heterocycles. The maximum absolute atomic E-state index is 9.92. The van der Waals surface area contributed by atoms with Gasteiger partial charge in [-0.1, -0.05) is 26.0 Å². The van der Waals surface area contributed by atoms with Crippen molar-refractivity contribution in [2.24, 2.45) is 0 Å². The van der Waals surface area contributed by atoms with Gasteiger partial charge in [-0.2, -0.15) is 0 Å². The van der Waals surface area contributed by atoms with Crippen LogP contribution in [0.15, 0.2) is 24.3 Å². The number of phenols is 1. The van der Waals surface area contributed by atoms with Gasteiger partial charge >= 0.3 is 0 Å². The molecule has 96 valence electrons. The Morgan fingerprint density at radius 2 is 1.94 bits per heavy atom. The Kier molecular flexibility index (Phi) is 5.84. The molecule has 1 aromatic rings. The molecule has 0 aromatic heterocycles. The molecule has 1 N–H and O–H groups in total. The number of nitrogens with zero attached hydrogens (tertiary/aromatic N) is 1. The predicted molar refractivity (Wildman–Crippen MR) is 71.4 cm³/mol. The number of hydrogen-bond donors (Lipinski definition) is 1. The summed E-state index contributed by atoms with van der Waals surface area (Å²) in [6.45, 7) is 7.80. The Labute approximate surface area is 104 Å². The third-order valence-corrected chi connectivity index (χ3v) is 2.71. The summed E-state index contributed by atoms with van der Waals surface area (Å²) in [6.07, 6.45) is 1.97. The minimum Gasteiger partial charge on any atom is -0.506 e. The van der Waals surface area contributed by atoms with Crippen LogP contribution in [-0.4, -0.2) is 24.5 Å². The van der Waals surface area contributed by atoms with E-state index in [2.05, 4.69) is 18.7 Å². The van der Waals surface area contributed by atoms with Gasteiger partial charge in [0, 0.05) is 13.2 Å². The van der Waals surface area contributed by atoms with Crippen LogP contribution in [0, 0.1) is 0 Å². The Morgan fingerprint density at radius 1 is 1.24 bits per heavy atom. The molecule has 0 saturated carbocycles. The molecule has 1 unspecified atom stereocenters. The van der Waals surface area contributed by atoms with E-state index in [1.807, 2.05) is 25.1 Å². The van der Waals surface area contributed by atoms with E-state index in [4.69, 9.17) is 4.74 Å². The molecule has 3 heteroatoms. The average molecular weight is 237 g/mol. The van der Waals surface area contributed by atoms with Crippen LogP contribution in [-0.2, 0) is 4.74 Å². The van der Waals surface area contributed by atoms with E-state index in [0.717, 1.165) is 25.1 Å². The van der Waals surface area contributed by atoms with E-state index in [-0.39, 0.29) is 6.23 Å². The zero-order valence-electron chi connectivity index (χ0n) is 11.0. The Bertz CT molecular complexity index is 328. The quantitative estimate of drug-likeness (QED) is 0.738. The van der Waals surface area contributed by atoms with Crippen molar-refractivity contribution in [2.45, 2.75) is 39.8 Å². The molecule has 0 heterocycles. The molecule has 0 spiro atoms. The summed E-state index contributed by atoms with van der Waals surface area (Å²) in [5.41, 5.74) is 0.856. The fourth-order valence-electron chi connectivity index (χ4n) is 1.99. The van der Waals surface area contributed by atoms with Gasteiger partial charge in [-0.25, -0.2) is 0 Å². The van der Waals surface area contributed by atoms with Crippen molar-refractivity contribution in [1.29, 1.82) is 0 Å². The van der Waals surface area contributed by atoms with Crippen molar-refractivity contribution in [3.05, 3.63) is 24.3 Å². The molecule has 0 fully saturated rings. The maximum Gasteiger partial charge on any atom is 0.138 e. The number of phenolic OH excluding ortho intramolecular Hbond substituents is 1. The number of rotatable bonds is 7. The van der Waals surface area contributed by atoms with Gasteiger partial charge in [-0.05, 0) is 31.9 Å². The van der Waals surface area contributed by atoms with Gasteiger partial charge in [0.25, 0.3) is 0 Å². The highest BCUT2D eigenvalue weighted by atomic mass is 16.5. The summed E-state index contributed by atoms with van der Waals surface area (Å²) in [5.74, 6) is 0.319. The van der Waals surface area contributed by atoms with Crippen LogP contribution in [0.2, 0.25) is 0 Å². The van der Waals surface area contributed by atoms with Crippen LogP contribution >= 0.6 is 0 Å². The van der Waals surface area contributed by atoms with Crippen LogP contribution in [0.3, 0.4) is 0 Å². The Hall–Kier alpha value is -1.22. The predicted octanol–water partition coefficient (Wildman–Crippen LogP) is 3.38. The van der Waals surface area contributed by atoms with Gasteiger partial charge in [0.05, 0.1) is 5.69 Å². The molecule has 1 aromatic carbocycles. The van der Waals surface area contributed by atoms with E-state index in [1.165, 1.54) is 0 Å². The average Bonchev–Trinajstić information content (AvgIpc) is 2.34. The van der Waals surface area contributed by atoms with Crippen molar-refractivity contribution in [3.63, 3.8) is 0 Å². The molecule has 1 rings (SSSR count). The molecule has 0 bridgehead atoms. The second kappa shape index (κ2) is 7.17. The summed E-state index contributed by atoms with van der Waals surface area (Å²) in [7, 11) is 0. The molecule has 0 saturated heterocycles. The van der Waals surface area contributed by atoms with E-state index >= 15 is 0 Å². The van der Waals surface area contributed by atoms with Crippen LogP contribution in [0.25, 0.3) is 0 Å². The van der Waals surface area contributed by atoms with Crippen molar-refractivity contribution < 1.29 is 9.84 Å². The molecular weight excluding hydrogens is 214 g/mol. The number of ether oxygens (including phenoxy) is 1. The van der Waals surface area contributed by atoms with Crippen LogP contribution in [0.1, 0.15) is 33.6 Å². The van der Waals surface area contributed by atoms with Crippen LogP contribution in [0.4, 0.5) is 5.69 Å². The highest BCUT2D eigenvalue weighted by Crippen LogP contribution is 2.29. The monoisotopic (exact) mass is 237 g/mol. The van der Waals surface area contributed by atoms with Crippen molar-refractivity contribution in [3.8, 4) is 5.75 Å². The normalized spacial score (nSPS) is 12.4. The molecule has 3 nitrogen and oxygen atoms in total. The number of benzene rings is 1. The van der Waals surface area contributed by atoms with Crippen LogP contribution in [0.5, 0.6) is 5.75 Å². The molecular formula is C14H23NO2. The van der Waals surface area contributed by atoms with Crippen LogP contribution < -0.4 is 4.90 Å². The van der Waals surface area contributed by atoms with E-state index in [0.29, 0.717) is 12.4 Å². The van der Waals surface area contributed by atoms with Crippen molar-refractivity contribution in [2.75, 3.05) is 18.1 Å². The van der Waals surface area contributed by atoms with Gasteiger partial charge in [-0.15, -0.1) is 0 Å². The highest BCUT2D eigenvalue weighted by Gasteiger charge is 2.18. The third-order valence-electron chi connectivity index (χ3n) is 2.71. The first kappa shape index (κ1) is 13.8. The van der Waals surface area contributed by atoms with Gasteiger partial charge in [0.1, 0.15) is 12.0 Å². The summed E-state index contributed by atoms with van der Waals surface area (Å²) in [5, 5.41) is 9.92. The van der Waals surface area contributed by atoms with Gasteiger partial charge in [0.15, 0.2) is 0 Å². The minimum atomic E-state index is 0.0354. The van der Waals surface area contributed by atoms with E-state index in [1.54, 1.807) is 6.07 Å². The fourth-order valence-corrected chi connectivity index (χ4v) is 1.99. The molecule has 17 heavy (non-hydrogen) atoms. The van der Waals surface area contributed by atoms with Gasteiger partial charge < -0.3 is 14.7 Å². The second-order valence-corrected chi connectivity index (χ2v) is 4.00. The fraction of sp³-hybridized carbons (Fsp3) is 0.571. The molecule has 0 aliphatic rings. The lowest BCUT2D eigenvalue weighted by Gasteiger charge is -2.32. The van der Waals surface area contributed by atoms with Gasteiger partial charge in [0.2, 0.25) is 0 Å². The molecule has 0 radical (unpaired) electrons. The van der Waals surface area contributed by atoms with E-state index < -0.39 is 0 Å². The maximum atomic E-state index is 9.92. The third kappa shape index (κ3) is 3.63. The number of anilines is 1. The zero-order valence-corrected chi connectivity index (χ0v) is 11.0. The first-order chi connectivity index (χ1) is 8.24. The number of aromatic hydroxyl groups is 1. The standard InChI is InChI=1S/C14H23NO2/c1-4-11-15(14(5-2)17-6-3)12-9-7-8-10-13(12)16/h7-10,14,16H,4-6,11H2,1-3H3. The SMILES string of the molecule is CCCN(c1ccccc1O)C(CC)OCC. The molecule has 0 aliphatic carbocycles. The first-order valence-electron chi connectivity index (χ1n) is 6.40. The summed E-state index contributed by atoms with van der Waals surface area (Å²) in [6, 6.07) is 7.43. The minimum absolute atomic E-state index is 0.0354. The number of para-hydroxylation sites is 2. The summed E-state index contributed by atoms with van der Waals surface area (Å²) < 4.78 is 5.73. The second-order valence-electron chi connectivity index (χ2n) is 4.00. The number of hydrogen-bond acceptors (Lipinski definition) is 3. The lowest BCUT2D eigenvalue weighted by atomic mass is 10.2. The highest BCUT2D eigenvalue weighted by molar-refractivity contribution is 5.57. The largest absolute Gasteiger partial charge is 0.506 e. The summed E-state index contributed by atoms with van der Waals surface area (Å²) >= 11 is 0.